The van der Waals surface area contributed by atoms with E-state index in [-0.39, 0.29) is 0 Å². The van der Waals surface area contributed by atoms with Gasteiger partial charge in [-0.15, -0.1) is 11.8 Å². The lowest BCUT2D eigenvalue weighted by Gasteiger charge is -2.22. The average Bonchev–Trinajstić information content (AvgIpc) is 2.55. The summed E-state index contributed by atoms with van der Waals surface area (Å²) in [6.45, 7) is 3.16. The predicted octanol–water partition coefficient (Wildman–Crippen LogP) is 1.76. The van der Waals surface area contributed by atoms with Crippen molar-refractivity contribution in [3.8, 4) is 0 Å². The summed E-state index contributed by atoms with van der Waals surface area (Å²) in [7, 11) is 0. The molecular weight excluding hydrogens is 188 g/mol. The van der Waals surface area contributed by atoms with E-state index < -0.39 is 10.7 Å². The molecule has 0 spiro atoms. The van der Waals surface area contributed by atoms with Crippen LogP contribution in [0.25, 0.3) is 0 Å². The van der Waals surface area contributed by atoms with Gasteiger partial charge in [-0.2, -0.15) is 0 Å². The third kappa shape index (κ3) is 2.61. The van der Waals surface area contributed by atoms with E-state index in [4.69, 9.17) is 9.84 Å². The highest BCUT2D eigenvalue weighted by Crippen LogP contribution is 2.41. The molecule has 1 saturated heterocycles. The van der Waals surface area contributed by atoms with Crippen LogP contribution in [0.3, 0.4) is 0 Å². The van der Waals surface area contributed by atoms with Crippen molar-refractivity contribution in [3.63, 3.8) is 0 Å². The molecule has 1 heterocycles. The Labute approximate surface area is 82.8 Å². The predicted molar refractivity (Wildman–Crippen MR) is 53.2 cm³/mol. The van der Waals surface area contributed by atoms with Crippen molar-refractivity contribution in [2.45, 2.75) is 30.9 Å². The highest BCUT2D eigenvalue weighted by Gasteiger charge is 2.41. The van der Waals surface area contributed by atoms with Crippen molar-refractivity contribution >= 4 is 17.7 Å². The van der Waals surface area contributed by atoms with Crippen LogP contribution in [0, 0.1) is 0 Å². The standard InChI is InChI=1S/C9H16O3S/c1-2-12-6-5-9(8(10)11)4-3-7-13-9/h2-7H2,1H3,(H,10,11). The van der Waals surface area contributed by atoms with Gasteiger partial charge in [0.2, 0.25) is 0 Å². The first-order valence-corrected chi connectivity index (χ1v) is 5.65. The van der Waals surface area contributed by atoms with Crippen LogP contribution in [0.15, 0.2) is 0 Å². The lowest BCUT2D eigenvalue weighted by molar-refractivity contribution is -0.140. The molecule has 1 rings (SSSR count). The summed E-state index contributed by atoms with van der Waals surface area (Å²) in [5, 5.41) is 9.09. The van der Waals surface area contributed by atoms with Gasteiger partial charge in [-0.1, -0.05) is 0 Å². The zero-order valence-corrected chi connectivity index (χ0v) is 8.73. The smallest absolute Gasteiger partial charge is 0.319 e. The van der Waals surface area contributed by atoms with Gasteiger partial charge in [0, 0.05) is 13.2 Å². The quantitative estimate of drug-likeness (QED) is 0.693. The van der Waals surface area contributed by atoms with E-state index in [0.717, 1.165) is 18.6 Å². The Bertz CT molecular complexity index is 176. The minimum absolute atomic E-state index is 0.546. The maximum Gasteiger partial charge on any atom is 0.319 e. The third-order valence-electron chi connectivity index (χ3n) is 2.35. The lowest BCUT2D eigenvalue weighted by Crippen LogP contribution is -2.33. The summed E-state index contributed by atoms with van der Waals surface area (Å²) in [4.78, 5) is 11.0. The fourth-order valence-corrected chi connectivity index (χ4v) is 2.87. The molecule has 1 aliphatic rings. The molecule has 0 aromatic carbocycles. The highest BCUT2D eigenvalue weighted by atomic mass is 32.2. The summed E-state index contributed by atoms with van der Waals surface area (Å²) < 4.78 is 4.65. The summed E-state index contributed by atoms with van der Waals surface area (Å²) in [6.07, 6.45) is 2.45. The molecule has 1 fully saturated rings. The Morgan fingerprint density at radius 3 is 2.92 bits per heavy atom. The molecule has 0 aromatic heterocycles. The zero-order valence-electron chi connectivity index (χ0n) is 7.91. The molecular formula is C9H16O3S. The topological polar surface area (TPSA) is 46.5 Å². The maximum absolute atomic E-state index is 11.0. The van der Waals surface area contributed by atoms with Gasteiger partial charge in [0.15, 0.2) is 0 Å². The van der Waals surface area contributed by atoms with E-state index in [1.807, 2.05) is 6.92 Å². The summed E-state index contributed by atoms with van der Waals surface area (Å²) >= 11 is 1.57. The van der Waals surface area contributed by atoms with Gasteiger partial charge in [-0.3, -0.25) is 4.79 Å². The minimum atomic E-state index is -0.672. The fourth-order valence-electron chi connectivity index (χ4n) is 1.55. The van der Waals surface area contributed by atoms with E-state index in [9.17, 15) is 4.79 Å². The molecule has 1 unspecified atom stereocenters. The number of hydrogen-bond donors (Lipinski definition) is 1. The molecule has 0 amide bonds. The number of carboxylic acids is 1. The second-order valence-corrected chi connectivity index (χ2v) is 4.68. The number of ether oxygens (including phenoxy) is 1. The van der Waals surface area contributed by atoms with Crippen LogP contribution in [0.5, 0.6) is 0 Å². The lowest BCUT2D eigenvalue weighted by atomic mass is 10.00. The van der Waals surface area contributed by atoms with Crippen LogP contribution < -0.4 is 0 Å². The number of thioether (sulfide) groups is 1. The molecule has 0 bridgehead atoms. The van der Waals surface area contributed by atoms with E-state index >= 15 is 0 Å². The first-order chi connectivity index (χ1) is 6.21. The summed E-state index contributed by atoms with van der Waals surface area (Å²) in [5.74, 6) is 0.299. The molecule has 76 valence electrons. The van der Waals surface area contributed by atoms with Crippen molar-refractivity contribution < 1.29 is 14.6 Å². The molecule has 0 aromatic rings. The monoisotopic (exact) mass is 204 g/mol. The molecule has 1 atom stereocenters. The number of hydrogen-bond acceptors (Lipinski definition) is 3. The van der Waals surface area contributed by atoms with Crippen LogP contribution >= 0.6 is 11.8 Å². The van der Waals surface area contributed by atoms with Crippen LogP contribution in [0.4, 0.5) is 0 Å². The Morgan fingerprint density at radius 2 is 2.46 bits per heavy atom. The number of carbonyl (C=O) groups is 1. The molecule has 0 saturated carbocycles. The Morgan fingerprint density at radius 1 is 1.69 bits per heavy atom. The van der Waals surface area contributed by atoms with Crippen LogP contribution in [0.2, 0.25) is 0 Å². The van der Waals surface area contributed by atoms with Crippen molar-refractivity contribution in [2.24, 2.45) is 0 Å². The van der Waals surface area contributed by atoms with E-state index in [2.05, 4.69) is 0 Å². The van der Waals surface area contributed by atoms with Gasteiger partial charge in [-0.25, -0.2) is 0 Å². The van der Waals surface area contributed by atoms with E-state index in [1.165, 1.54) is 0 Å². The van der Waals surface area contributed by atoms with Crippen LogP contribution in [0.1, 0.15) is 26.2 Å². The fraction of sp³-hybridized carbons (Fsp3) is 0.889. The number of rotatable bonds is 5. The molecule has 13 heavy (non-hydrogen) atoms. The zero-order chi connectivity index (χ0) is 9.73. The number of carboxylic acid groups (broad SMARTS) is 1. The first kappa shape index (κ1) is 10.9. The molecule has 4 heteroatoms. The Kier molecular flexibility index (Phi) is 4.06. The van der Waals surface area contributed by atoms with Gasteiger partial charge in [0.25, 0.3) is 0 Å². The third-order valence-corrected chi connectivity index (χ3v) is 3.98. The molecule has 0 radical (unpaired) electrons. The Hall–Kier alpha value is -0.220. The van der Waals surface area contributed by atoms with Gasteiger partial charge in [0.1, 0.15) is 4.75 Å². The van der Waals surface area contributed by atoms with Gasteiger partial charge >= 0.3 is 5.97 Å². The van der Waals surface area contributed by atoms with Crippen LogP contribution in [-0.4, -0.2) is 34.8 Å². The van der Waals surface area contributed by atoms with Crippen LogP contribution in [-0.2, 0) is 9.53 Å². The average molecular weight is 204 g/mol. The molecule has 0 aliphatic carbocycles. The van der Waals surface area contributed by atoms with E-state index in [1.54, 1.807) is 11.8 Å². The van der Waals surface area contributed by atoms with Crippen molar-refractivity contribution in [1.82, 2.24) is 0 Å². The maximum atomic E-state index is 11.0. The normalized spacial score (nSPS) is 27.8. The molecule has 1 aliphatic heterocycles. The second-order valence-electron chi connectivity index (χ2n) is 3.20. The molecule has 1 N–H and O–H groups in total. The van der Waals surface area contributed by atoms with Crippen molar-refractivity contribution in [2.75, 3.05) is 19.0 Å². The van der Waals surface area contributed by atoms with Crippen molar-refractivity contribution in [3.05, 3.63) is 0 Å². The van der Waals surface area contributed by atoms with Gasteiger partial charge in [0.05, 0.1) is 0 Å². The summed E-state index contributed by atoms with van der Waals surface area (Å²) in [6, 6.07) is 0. The van der Waals surface area contributed by atoms with Crippen molar-refractivity contribution in [1.29, 1.82) is 0 Å². The first-order valence-electron chi connectivity index (χ1n) is 4.66. The largest absolute Gasteiger partial charge is 0.480 e. The second kappa shape index (κ2) is 4.86. The van der Waals surface area contributed by atoms with Gasteiger partial charge < -0.3 is 9.84 Å². The minimum Gasteiger partial charge on any atom is -0.480 e. The van der Waals surface area contributed by atoms with Gasteiger partial charge in [-0.05, 0) is 31.9 Å². The Balaban J connectivity index is 2.43. The summed E-state index contributed by atoms with van der Waals surface area (Å²) in [5.41, 5.74) is 0. The SMILES string of the molecule is CCOCCC1(C(=O)O)CCCS1. The highest BCUT2D eigenvalue weighted by molar-refractivity contribution is 8.01. The van der Waals surface area contributed by atoms with E-state index in [0.29, 0.717) is 19.6 Å². The number of aliphatic carboxylic acids is 1. The molecule has 3 nitrogen and oxygen atoms in total.